The van der Waals surface area contributed by atoms with Gasteiger partial charge in [-0.3, -0.25) is 9.78 Å². The second-order valence-corrected chi connectivity index (χ2v) is 6.03. The summed E-state index contributed by atoms with van der Waals surface area (Å²) in [6.07, 6.45) is 1.61. The van der Waals surface area contributed by atoms with Crippen LogP contribution in [0.3, 0.4) is 0 Å². The monoisotopic (exact) mass is 317 g/mol. The molecule has 0 radical (unpaired) electrons. The lowest BCUT2D eigenvalue weighted by Crippen LogP contribution is -2.16. The summed E-state index contributed by atoms with van der Waals surface area (Å²) >= 11 is 6.22. The van der Waals surface area contributed by atoms with Gasteiger partial charge in [-0.2, -0.15) is 0 Å². The van der Waals surface area contributed by atoms with Crippen LogP contribution in [0.15, 0.2) is 30.5 Å². The molecule has 4 nitrogen and oxygen atoms in total. The van der Waals surface area contributed by atoms with Gasteiger partial charge in [0.15, 0.2) is 0 Å². The van der Waals surface area contributed by atoms with E-state index in [1.807, 2.05) is 45.9 Å². The summed E-state index contributed by atoms with van der Waals surface area (Å²) in [5.74, 6) is -0.277. The van der Waals surface area contributed by atoms with Crippen molar-refractivity contribution >= 4 is 28.9 Å². The molecule has 1 aromatic heterocycles. The van der Waals surface area contributed by atoms with Gasteiger partial charge >= 0.3 is 0 Å². The van der Waals surface area contributed by atoms with Crippen LogP contribution in [0.25, 0.3) is 0 Å². The van der Waals surface area contributed by atoms with Crippen molar-refractivity contribution in [3.8, 4) is 0 Å². The zero-order chi connectivity index (χ0) is 16.3. The molecule has 0 unspecified atom stereocenters. The van der Waals surface area contributed by atoms with Gasteiger partial charge < -0.3 is 10.6 Å². The van der Waals surface area contributed by atoms with Crippen molar-refractivity contribution in [1.29, 1.82) is 0 Å². The number of hydrogen-bond acceptors (Lipinski definition) is 3. The number of amides is 1. The summed E-state index contributed by atoms with van der Waals surface area (Å²) in [4.78, 5) is 16.5. The first-order chi connectivity index (χ1) is 10.4. The minimum absolute atomic E-state index is 0.277. The number of benzene rings is 1. The Bertz CT molecular complexity index is 675. The smallest absolute Gasteiger partial charge is 0.274 e. The van der Waals surface area contributed by atoms with E-state index in [0.29, 0.717) is 16.4 Å². The number of rotatable bonds is 4. The van der Waals surface area contributed by atoms with Gasteiger partial charge in [0.05, 0.1) is 10.7 Å². The normalized spacial score (nSPS) is 10.6. The van der Waals surface area contributed by atoms with E-state index in [0.717, 1.165) is 16.8 Å². The number of anilines is 2. The van der Waals surface area contributed by atoms with E-state index >= 15 is 0 Å². The molecule has 0 fully saturated rings. The number of halogens is 1. The summed E-state index contributed by atoms with van der Waals surface area (Å²) in [5.41, 5.74) is 3.82. The van der Waals surface area contributed by atoms with Crippen molar-refractivity contribution in [3.63, 3.8) is 0 Å². The summed E-state index contributed by atoms with van der Waals surface area (Å²) in [6.45, 7) is 7.96. The van der Waals surface area contributed by atoms with Crippen molar-refractivity contribution < 1.29 is 4.79 Å². The summed E-state index contributed by atoms with van der Waals surface area (Å²) in [7, 11) is 0. The lowest BCUT2D eigenvalue weighted by atomic mass is 10.1. The first kappa shape index (κ1) is 16.3. The van der Waals surface area contributed by atoms with E-state index in [4.69, 9.17) is 11.6 Å². The Hall–Kier alpha value is -2.07. The number of pyridine rings is 1. The van der Waals surface area contributed by atoms with Crippen LogP contribution in [-0.2, 0) is 0 Å². The van der Waals surface area contributed by atoms with Crippen LogP contribution in [0.2, 0.25) is 5.02 Å². The van der Waals surface area contributed by atoms with E-state index in [9.17, 15) is 4.79 Å². The molecular formula is C17H20ClN3O. The maximum Gasteiger partial charge on any atom is 0.274 e. The van der Waals surface area contributed by atoms with Crippen LogP contribution in [0.1, 0.15) is 35.5 Å². The minimum Gasteiger partial charge on any atom is -0.383 e. The largest absolute Gasteiger partial charge is 0.383 e. The predicted octanol–water partition coefficient (Wildman–Crippen LogP) is 4.42. The van der Waals surface area contributed by atoms with E-state index in [1.54, 1.807) is 12.3 Å². The Morgan fingerprint density at radius 3 is 2.59 bits per heavy atom. The van der Waals surface area contributed by atoms with Gasteiger partial charge in [-0.15, -0.1) is 0 Å². The molecule has 0 aliphatic heterocycles. The minimum atomic E-state index is -0.277. The molecule has 2 aromatic rings. The molecule has 116 valence electrons. The molecule has 2 N–H and O–H groups in total. The average Bonchev–Trinajstić information content (AvgIpc) is 2.42. The lowest BCUT2D eigenvalue weighted by molar-refractivity contribution is 0.102. The molecule has 0 aliphatic rings. The van der Waals surface area contributed by atoms with Gasteiger partial charge in [0.2, 0.25) is 0 Å². The first-order valence-electron chi connectivity index (χ1n) is 7.17. The van der Waals surface area contributed by atoms with E-state index in [2.05, 4.69) is 15.6 Å². The molecule has 1 aromatic carbocycles. The molecule has 1 amide bonds. The van der Waals surface area contributed by atoms with Crippen LogP contribution in [0.4, 0.5) is 11.4 Å². The fraction of sp³-hybridized carbons (Fsp3) is 0.294. The Morgan fingerprint density at radius 2 is 1.95 bits per heavy atom. The zero-order valence-electron chi connectivity index (χ0n) is 13.2. The van der Waals surface area contributed by atoms with Crippen LogP contribution < -0.4 is 10.6 Å². The van der Waals surface area contributed by atoms with Crippen LogP contribution >= 0.6 is 11.6 Å². The molecule has 0 saturated carbocycles. The van der Waals surface area contributed by atoms with Crippen molar-refractivity contribution in [1.82, 2.24) is 4.98 Å². The third kappa shape index (κ3) is 3.98. The fourth-order valence-corrected chi connectivity index (χ4v) is 2.60. The number of aryl methyl sites for hydroxylation is 2. The first-order valence-corrected chi connectivity index (χ1v) is 7.55. The van der Waals surface area contributed by atoms with Crippen LogP contribution in [-0.4, -0.2) is 16.9 Å². The van der Waals surface area contributed by atoms with Gasteiger partial charge in [0.25, 0.3) is 5.91 Å². The van der Waals surface area contributed by atoms with Crippen LogP contribution in [0.5, 0.6) is 0 Å². The standard InChI is InChI=1S/C17H20ClN3O/c1-10(2)20-13-5-6-19-15(9-13)17(22)21-16-12(4)7-11(3)8-14(16)18/h5-10H,1-4H3,(H,19,20)(H,21,22). The van der Waals surface area contributed by atoms with E-state index < -0.39 is 0 Å². The van der Waals surface area contributed by atoms with Crippen molar-refractivity contribution in [2.75, 3.05) is 10.6 Å². The molecule has 0 bridgehead atoms. The molecule has 5 heteroatoms. The second-order valence-electron chi connectivity index (χ2n) is 5.62. The maximum absolute atomic E-state index is 12.4. The Balaban J connectivity index is 2.23. The van der Waals surface area contributed by atoms with Gasteiger partial charge in [-0.05, 0) is 57.0 Å². The maximum atomic E-state index is 12.4. The molecule has 1 heterocycles. The number of nitrogens with zero attached hydrogens (tertiary/aromatic N) is 1. The quantitative estimate of drug-likeness (QED) is 0.877. The third-order valence-electron chi connectivity index (χ3n) is 3.12. The van der Waals surface area contributed by atoms with E-state index in [-0.39, 0.29) is 11.9 Å². The van der Waals surface area contributed by atoms with Gasteiger partial charge in [0, 0.05) is 17.9 Å². The molecule has 0 spiro atoms. The number of aromatic nitrogens is 1. The molecule has 0 aliphatic carbocycles. The number of carbonyl (C=O) groups is 1. The summed E-state index contributed by atoms with van der Waals surface area (Å²) < 4.78 is 0. The lowest BCUT2D eigenvalue weighted by Gasteiger charge is -2.13. The van der Waals surface area contributed by atoms with Crippen molar-refractivity contribution in [3.05, 3.63) is 52.3 Å². The predicted molar refractivity (Wildman–Crippen MR) is 91.9 cm³/mol. The third-order valence-corrected chi connectivity index (χ3v) is 3.42. The number of hydrogen-bond donors (Lipinski definition) is 2. The molecule has 22 heavy (non-hydrogen) atoms. The Morgan fingerprint density at radius 1 is 1.23 bits per heavy atom. The highest BCUT2D eigenvalue weighted by Crippen LogP contribution is 2.27. The average molecular weight is 318 g/mol. The van der Waals surface area contributed by atoms with E-state index in [1.165, 1.54) is 0 Å². The molecule has 0 atom stereocenters. The molecule has 2 rings (SSSR count). The summed E-state index contributed by atoms with van der Waals surface area (Å²) in [5, 5.41) is 6.62. The highest BCUT2D eigenvalue weighted by atomic mass is 35.5. The summed E-state index contributed by atoms with van der Waals surface area (Å²) in [6, 6.07) is 7.65. The van der Waals surface area contributed by atoms with Gasteiger partial charge in [-0.1, -0.05) is 17.7 Å². The molecular weight excluding hydrogens is 298 g/mol. The number of carbonyl (C=O) groups excluding carboxylic acids is 1. The SMILES string of the molecule is Cc1cc(C)c(NC(=O)c2cc(NC(C)C)ccn2)c(Cl)c1. The van der Waals surface area contributed by atoms with Crippen molar-refractivity contribution in [2.45, 2.75) is 33.7 Å². The topological polar surface area (TPSA) is 54.0 Å². The van der Waals surface area contributed by atoms with Gasteiger partial charge in [0.1, 0.15) is 5.69 Å². The Kier molecular flexibility index (Phi) is 5.03. The highest BCUT2D eigenvalue weighted by molar-refractivity contribution is 6.34. The van der Waals surface area contributed by atoms with Crippen molar-refractivity contribution in [2.24, 2.45) is 0 Å². The Labute approximate surface area is 135 Å². The number of nitrogens with one attached hydrogen (secondary N) is 2. The second kappa shape index (κ2) is 6.79. The fourth-order valence-electron chi connectivity index (χ4n) is 2.23. The van der Waals surface area contributed by atoms with Gasteiger partial charge in [-0.25, -0.2) is 0 Å². The highest BCUT2D eigenvalue weighted by Gasteiger charge is 2.13. The molecule has 0 saturated heterocycles. The van der Waals surface area contributed by atoms with Crippen LogP contribution in [0, 0.1) is 13.8 Å². The zero-order valence-corrected chi connectivity index (χ0v) is 14.0.